The summed E-state index contributed by atoms with van der Waals surface area (Å²) in [6, 6.07) is 13.8. The van der Waals surface area contributed by atoms with E-state index in [4.69, 9.17) is 28.4 Å². The van der Waals surface area contributed by atoms with Gasteiger partial charge < -0.3 is 33.7 Å². The lowest BCUT2D eigenvalue weighted by Crippen LogP contribution is -2.29. The van der Waals surface area contributed by atoms with E-state index in [0.717, 1.165) is 6.07 Å². The Hall–Kier alpha value is -5.69. The molecule has 0 saturated heterocycles. The number of anilines is 1. The summed E-state index contributed by atoms with van der Waals surface area (Å²) in [5.41, 5.74) is -0.108. The molecule has 5 aromatic rings. The topological polar surface area (TPSA) is 119 Å². The van der Waals surface area contributed by atoms with Gasteiger partial charge in [-0.15, -0.1) is 0 Å². The first kappa shape index (κ1) is 32.3. The number of hydrogen-bond acceptors (Lipinski definition) is 9. The van der Waals surface area contributed by atoms with Crippen LogP contribution < -0.4 is 34.6 Å². The summed E-state index contributed by atoms with van der Waals surface area (Å²) in [5.74, 6) is -0.700. The van der Waals surface area contributed by atoms with Gasteiger partial charge in [0.15, 0.2) is 23.1 Å². The number of halogens is 2. The Morgan fingerprint density at radius 2 is 1.71 bits per heavy atom. The average Bonchev–Trinajstić information content (AvgIpc) is 3.08. The molecule has 6 rings (SSSR count). The van der Waals surface area contributed by atoms with Crippen LogP contribution in [-0.4, -0.2) is 55.6 Å². The number of carbonyl (C=O) groups is 1. The maximum Gasteiger partial charge on any atom is 0.271 e. The lowest BCUT2D eigenvalue weighted by Gasteiger charge is -2.23. The van der Waals surface area contributed by atoms with E-state index >= 15 is 4.39 Å². The molecule has 3 heterocycles. The molecule has 2 aromatic heterocycles. The van der Waals surface area contributed by atoms with Gasteiger partial charge in [0.25, 0.3) is 11.5 Å². The number of pyridine rings is 2. The van der Waals surface area contributed by atoms with Crippen molar-refractivity contribution in [2.45, 2.75) is 13.3 Å². The van der Waals surface area contributed by atoms with E-state index in [1.807, 2.05) is 0 Å². The molecule has 0 bridgehead atoms. The number of aromatic nitrogens is 2. The van der Waals surface area contributed by atoms with Crippen molar-refractivity contribution < 1.29 is 42.0 Å². The van der Waals surface area contributed by atoms with Crippen LogP contribution in [0.2, 0.25) is 0 Å². The lowest BCUT2D eigenvalue weighted by atomic mass is 10.1. The molecule has 13 heteroatoms. The Labute approximate surface area is 273 Å². The fraction of sp³-hybridized carbons (Fsp3) is 0.229. The summed E-state index contributed by atoms with van der Waals surface area (Å²) in [6.45, 7) is 3.43. The number of rotatable bonds is 12. The van der Waals surface area contributed by atoms with Crippen molar-refractivity contribution in [1.29, 1.82) is 0 Å². The van der Waals surface area contributed by atoms with Gasteiger partial charge in [0.05, 0.1) is 24.1 Å². The van der Waals surface area contributed by atoms with Crippen LogP contribution in [0.15, 0.2) is 77.9 Å². The number of ether oxygens (including phenoxy) is 6. The maximum atomic E-state index is 15.5. The Morgan fingerprint density at radius 1 is 0.917 bits per heavy atom. The lowest BCUT2D eigenvalue weighted by molar-refractivity contribution is 0.102. The zero-order chi connectivity index (χ0) is 33.6. The Balaban J connectivity index is 1.27. The predicted octanol–water partition coefficient (Wildman–Crippen LogP) is 6.29. The van der Waals surface area contributed by atoms with Crippen LogP contribution >= 0.6 is 0 Å². The van der Waals surface area contributed by atoms with Crippen molar-refractivity contribution in [3.05, 3.63) is 101 Å². The monoisotopic (exact) mass is 659 g/mol. The summed E-state index contributed by atoms with van der Waals surface area (Å²) < 4.78 is 64.6. The summed E-state index contributed by atoms with van der Waals surface area (Å²) in [7, 11) is 1.62. The van der Waals surface area contributed by atoms with E-state index in [2.05, 4.69) is 10.3 Å². The standard InChI is InChI=1S/C35H31F2N3O8/c1-3-44-27-12-14-40(23-8-5-21(36)6-9-23)35(42)31(27)34(41)39-22-7-10-26(24(37)19-22)48-28-11-13-38-25-20-29(45-16-4-15-43-2)32-33(30(25)28)47-18-17-46-32/h5-14,19-20H,3-4,15-18H2,1-2H3,(H,39,41). The average molecular weight is 660 g/mol. The summed E-state index contributed by atoms with van der Waals surface area (Å²) in [5, 5.41) is 3.03. The first-order valence-electron chi connectivity index (χ1n) is 15.1. The molecule has 0 atom stereocenters. The van der Waals surface area contributed by atoms with Crippen LogP contribution in [0.4, 0.5) is 14.5 Å². The van der Waals surface area contributed by atoms with Gasteiger partial charge in [0.1, 0.15) is 36.1 Å². The molecule has 248 valence electrons. The number of nitrogens with zero attached hydrogens (tertiary/aromatic N) is 2. The molecule has 0 unspecified atom stereocenters. The minimum atomic E-state index is -0.822. The minimum absolute atomic E-state index is 0.0430. The summed E-state index contributed by atoms with van der Waals surface area (Å²) in [6.07, 6.45) is 3.62. The third-order valence-electron chi connectivity index (χ3n) is 7.29. The Morgan fingerprint density at radius 3 is 2.46 bits per heavy atom. The molecule has 48 heavy (non-hydrogen) atoms. The van der Waals surface area contributed by atoms with E-state index in [9.17, 15) is 14.0 Å². The number of carbonyl (C=O) groups excluding carboxylic acids is 1. The van der Waals surface area contributed by atoms with Crippen molar-refractivity contribution in [2.75, 3.05) is 45.5 Å². The van der Waals surface area contributed by atoms with Gasteiger partial charge in [-0.05, 0) is 55.5 Å². The van der Waals surface area contributed by atoms with Crippen molar-refractivity contribution in [3.63, 3.8) is 0 Å². The second-order valence-corrected chi connectivity index (χ2v) is 10.5. The van der Waals surface area contributed by atoms with Crippen LogP contribution in [0.5, 0.6) is 34.5 Å². The normalized spacial score (nSPS) is 12.1. The fourth-order valence-electron chi connectivity index (χ4n) is 5.13. The second-order valence-electron chi connectivity index (χ2n) is 10.5. The molecule has 11 nitrogen and oxygen atoms in total. The number of methoxy groups -OCH3 is 1. The number of hydrogen-bond donors (Lipinski definition) is 1. The van der Waals surface area contributed by atoms with Gasteiger partial charge >= 0.3 is 0 Å². The fourth-order valence-corrected chi connectivity index (χ4v) is 5.13. The van der Waals surface area contributed by atoms with E-state index < -0.39 is 23.1 Å². The van der Waals surface area contributed by atoms with Gasteiger partial charge in [0.2, 0.25) is 5.75 Å². The highest BCUT2D eigenvalue weighted by molar-refractivity contribution is 6.06. The molecule has 0 fully saturated rings. The molecular weight excluding hydrogens is 628 g/mol. The molecule has 1 aliphatic heterocycles. The highest BCUT2D eigenvalue weighted by Gasteiger charge is 2.25. The summed E-state index contributed by atoms with van der Waals surface area (Å²) >= 11 is 0. The first-order valence-corrected chi connectivity index (χ1v) is 15.1. The highest BCUT2D eigenvalue weighted by Crippen LogP contribution is 2.48. The molecular formula is C35H31F2N3O8. The van der Waals surface area contributed by atoms with Gasteiger partial charge in [-0.1, -0.05) is 0 Å². The van der Waals surface area contributed by atoms with Crippen LogP contribution in [0.1, 0.15) is 23.7 Å². The number of nitrogens with one attached hydrogen (secondary N) is 1. The van der Waals surface area contributed by atoms with Crippen molar-refractivity contribution in [1.82, 2.24) is 9.55 Å². The third-order valence-corrected chi connectivity index (χ3v) is 7.29. The van der Waals surface area contributed by atoms with Gasteiger partial charge in [0, 0.05) is 56.0 Å². The van der Waals surface area contributed by atoms with E-state index in [-0.39, 0.29) is 41.7 Å². The maximum absolute atomic E-state index is 15.5. The smallest absolute Gasteiger partial charge is 0.271 e. The largest absolute Gasteiger partial charge is 0.493 e. The summed E-state index contributed by atoms with van der Waals surface area (Å²) in [4.78, 5) is 31.2. The van der Waals surface area contributed by atoms with Crippen LogP contribution in [0.25, 0.3) is 16.6 Å². The zero-order valence-corrected chi connectivity index (χ0v) is 26.1. The van der Waals surface area contributed by atoms with E-state index in [0.29, 0.717) is 60.1 Å². The second kappa shape index (κ2) is 14.4. The van der Waals surface area contributed by atoms with Crippen LogP contribution in [0.3, 0.4) is 0 Å². The SMILES string of the molecule is CCOc1ccn(-c2ccc(F)cc2)c(=O)c1C(=O)Nc1ccc(Oc2ccnc3cc(OCCCOC)c4c(c23)OCCO4)c(F)c1. The number of benzene rings is 3. The number of amides is 1. The van der Waals surface area contributed by atoms with Crippen molar-refractivity contribution >= 4 is 22.5 Å². The van der Waals surface area contributed by atoms with E-state index in [1.165, 1.54) is 59.4 Å². The van der Waals surface area contributed by atoms with Crippen LogP contribution in [-0.2, 0) is 4.74 Å². The van der Waals surface area contributed by atoms with Crippen molar-refractivity contribution in [2.24, 2.45) is 0 Å². The van der Waals surface area contributed by atoms with Gasteiger partial charge in [-0.3, -0.25) is 19.1 Å². The third kappa shape index (κ3) is 6.72. The quantitative estimate of drug-likeness (QED) is 0.154. The van der Waals surface area contributed by atoms with Crippen molar-refractivity contribution in [3.8, 4) is 40.2 Å². The predicted molar refractivity (Wildman–Crippen MR) is 172 cm³/mol. The molecule has 1 aliphatic rings. The van der Waals surface area contributed by atoms with Gasteiger partial charge in [-0.25, -0.2) is 8.78 Å². The zero-order valence-electron chi connectivity index (χ0n) is 26.1. The Kier molecular flexibility index (Phi) is 9.67. The minimum Gasteiger partial charge on any atom is -0.493 e. The molecule has 1 N–H and O–H groups in total. The molecule has 0 saturated carbocycles. The molecule has 3 aromatic carbocycles. The molecule has 0 spiro atoms. The highest BCUT2D eigenvalue weighted by atomic mass is 19.1. The first-order chi connectivity index (χ1) is 23.4. The number of fused-ring (bicyclic) bond motifs is 3. The van der Waals surface area contributed by atoms with E-state index in [1.54, 1.807) is 26.2 Å². The molecule has 1 amide bonds. The molecule has 0 radical (unpaired) electrons. The van der Waals surface area contributed by atoms with Gasteiger partial charge in [-0.2, -0.15) is 0 Å². The Bertz CT molecular complexity index is 2020. The van der Waals surface area contributed by atoms with Crippen LogP contribution in [0, 0.1) is 11.6 Å². The molecule has 0 aliphatic carbocycles.